The van der Waals surface area contributed by atoms with E-state index in [-0.39, 0.29) is 28.5 Å². The van der Waals surface area contributed by atoms with Gasteiger partial charge in [0.2, 0.25) is 0 Å². The van der Waals surface area contributed by atoms with E-state index in [0.717, 1.165) is 19.3 Å². The Bertz CT molecular complexity index is 351. The van der Waals surface area contributed by atoms with Crippen LogP contribution in [0.4, 0.5) is 0 Å². The van der Waals surface area contributed by atoms with Crippen molar-refractivity contribution in [2.24, 2.45) is 0 Å². The van der Waals surface area contributed by atoms with Gasteiger partial charge in [-0.2, -0.15) is 0 Å². The summed E-state index contributed by atoms with van der Waals surface area (Å²) in [6.45, 7) is 14.8. The number of rotatable bonds is 5. The van der Waals surface area contributed by atoms with E-state index < -0.39 is 0 Å². The number of hydrogen-bond acceptors (Lipinski definition) is 0. The van der Waals surface area contributed by atoms with Crippen LogP contribution in [0.25, 0.3) is 0 Å². The molecule has 0 unspecified atom stereocenters. The van der Waals surface area contributed by atoms with Crippen molar-refractivity contribution in [1.29, 1.82) is 0 Å². The molecule has 1 rings (SSSR count). The molecule has 0 saturated carbocycles. The SMILES string of the molecule is C=C(C)CCc1ccc(C)cc1CC.CCCC.[CH3-].[W]. The Morgan fingerprint density at radius 1 is 1.05 bits per heavy atom. The average Bonchev–Trinajstić information content (AvgIpc) is 2.37. The Balaban J connectivity index is -0.000000429. The normalized spacial score (nSPS) is 8.65. The van der Waals surface area contributed by atoms with Gasteiger partial charge < -0.3 is 7.43 Å². The minimum absolute atomic E-state index is 0. The molecule has 116 valence electrons. The Hall–Kier alpha value is -0.352. The first-order valence-electron chi connectivity index (χ1n) is 7.27. The summed E-state index contributed by atoms with van der Waals surface area (Å²) in [6.07, 6.45) is 6.02. The maximum absolute atomic E-state index is 3.94. The number of aryl methyl sites for hydroxylation is 3. The van der Waals surface area contributed by atoms with Crippen molar-refractivity contribution < 1.29 is 21.1 Å². The first-order chi connectivity index (χ1) is 8.54. The topological polar surface area (TPSA) is 0 Å². The van der Waals surface area contributed by atoms with Gasteiger partial charge in [0.05, 0.1) is 0 Å². The minimum atomic E-state index is 0. The van der Waals surface area contributed by atoms with Crippen molar-refractivity contribution in [3.63, 3.8) is 0 Å². The van der Waals surface area contributed by atoms with Crippen LogP contribution in [0.15, 0.2) is 30.4 Å². The fourth-order valence-electron chi connectivity index (χ4n) is 1.68. The van der Waals surface area contributed by atoms with Gasteiger partial charge in [-0.05, 0) is 44.2 Å². The molecule has 0 aliphatic heterocycles. The van der Waals surface area contributed by atoms with Gasteiger partial charge in [-0.15, -0.1) is 6.58 Å². The summed E-state index contributed by atoms with van der Waals surface area (Å²) < 4.78 is 0. The number of unbranched alkanes of at least 4 members (excludes halogenated alkanes) is 1. The molecule has 1 aromatic rings. The first kappa shape index (κ1) is 24.7. The third-order valence-electron chi connectivity index (χ3n) is 3.06. The van der Waals surface area contributed by atoms with E-state index in [2.05, 4.69) is 59.4 Å². The summed E-state index contributed by atoms with van der Waals surface area (Å²) in [5, 5.41) is 0. The monoisotopic (exact) mass is 445 g/mol. The molecule has 0 N–H and O–H groups in total. The second-order valence-electron chi connectivity index (χ2n) is 5.08. The van der Waals surface area contributed by atoms with Gasteiger partial charge in [0.25, 0.3) is 0 Å². The molecule has 0 amide bonds. The van der Waals surface area contributed by atoms with Crippen molar-refractivity contribution in [3.8, 4) is 0 Å². The molecular weight excluding hydrogens is 412 g/mol. The second-order valence-corrected chi connectivity index (χ2v) is 5.08. The molecule has 0 saturated heterocycles. The van der Waals surface area contributed by atoms with Gasteiger partial charge in [-0.25, -0.2) is 0 Å². The van der Waals surface area contributed by atoms with Gasteiger partial charge in [-0.1, -0.05) is 62.9 Å². The maximum Gasteiger partial charge on any atom is 0 e. The summed E-state index contributed by atoms with van der Waals surface area (Å²) in [6, 6.07) is 6.76. The molecule has 20 heavy (non-hydrogen) atoms. The largest absolute Gasteiger partial charge is 0.358 e. The molecule has 0 heterocycles. The molecule has 0 aliphatic carbocycles. The van der Waals surface area contributed by atoms with Crippen molar-refractivity contribution >= 4 is 0 Å². The summed E-state index contributed by atoms with van der Waals surface area (Å²) in [5.74, 6) is 0. The molecule has 0 atom stereocenters. The Morgan fingerprint density at radius 2 is 1.60 bits per heavy atom. The molecule has 0 bridgehead atoms. The van der Waals surface area contributed by atoms with Crippen molar-refractivity contribution in [1.82, 2.24) is 0 Å². The second kappa shape index (κ2) is 15.0. The van der Waals surface area contributed by atoms with Gasteiger partial charge in [0.15, 0.2) is 0 Å². The summed E-state index contributed by atoms with van der Waals surface area (Å²) in [5.41, 5.74) is 5.61. The van der Waals surface area contributed by atoms with Crippen LogP contribution < -0.4 is 0 Å². The zero-order valence-electron chi connectivity index (χ0n) is 14.4. The van der Waals surface area contributed by atoms with E-state index in [1.807, 2.05) is 0 Å². The number of hydrogen-bond donors (Lipinski definition) is 0. The molecule has 1 heteroatoms. The molecule has 0 aromatic heterocycles. The number of benzene rings is 1. The minimum Gasteiger partial charge on any atom is -0.358 e. The van der Waals surface area contributed by atoms with E-state index in [9.17, 15) is 0 Å². The fourth-order valence-corrected chi connectivity index (χ4v) is 1.68. The zero-order valence-corrected chi connectivity index (χ0v) is 17.3. The van der Waals surface area contributed by atoms with Crippen LogP contribution in [-0.4, -0.2) is 0 Å². The molecular formula is C19H33W-. The van der Waals surface area contributed by atoms with Crippen LogP contribution in [0.5, 0.6) is 0 Å². The quantitative estimate of drug-likeness (QED) is 0.368. The van der Waals surface area contributed by atoms with Crippen LogP contribution in [0.1, 0.15) is 63.6 Å². The van der Waals surface area contributed by atoms with Crippen molar-refractivity contribution in [3.05, 3.63) is 54.5 Å². The first-order valence-corrected chi connectivity index (χ1v) is 7.27. The number of allylic oxidation sites excluding steroid dienone is 1. The van der Waals surface area contributed by atoms with Crippen LogP contribution in [0.3, 0.4) is 0 Å². The Morgan fingerprint density at radius 3 is 2.00 bits per heavy atom. The van der Waals surface area contributed by atoms with Crippen LogP contribution in [0, 0.1) is 14.4 Å². The van der Waals surface area contributed by atoms with E-state index in [1.165, 1.54) is 35.1 Å². The third-order valence-corrected chi connectivity index (χ3v) is 3.06. The molecule has 0 radical (unpaired) electrons. The van der Waals surface area contributed by atoms with Gasteiger partial charge in [0, 0.05) is 21.1 Å². The Labute approximate surface area is 142 Å². The van der Waals surface area contributed by atoms with Crippen LogP contribution >= 0.6 is 0 Å². The van der Waals surface area contributed by atoms with E-state index in [4.69, 9.17) is 0 Å². The average molecular weight is 445 g/mol. The maximum atomic E-state index is 3.94. The molecule has 1 aromatic carbocycles. The predicted molar refractivity (Wildman–Crippen MR) is 90.7 cm³/mol. The van der Waals surface area contributed by atoms with E-state index >= 15 is 0 Å². The molecule has 0 fully saturated rings. The molecule has 0 aliphatic rings. The molecule has 0 spiro atoms. The van der Waals surface area contributed by atoms with Gasteiger partial charge in [0.1, 0.15) is 0 Å². The van der Waals surface area contributed by atoms with Crippen molar-refractivity contribution in [2.45, 2.75) is 66.7 Å². The molecule has 0 nitrogen and oxygen atoms in total. The standard InChI is InChI=1S/C14H20.C4H10.CH3.W/c1-5-13-10-12(4)7-9-14(13)8-6-11(2)3;1-3-4-2;;/h7,9-10H,2,5-6,8H2,1,3-4H3;3-4H2,1-2H3;1H3;/q;;-1;. The van der Waals surface area contributed by atoms with Crippen molar-refractivity contribution in [2.75, 3.05) is 0 Å². The van der Waals surface area contributed by atoms with Crippen LogP contribution in [-0.2, 0) is 33.9 Å². The predicted octanol–water partition coefficient (Wildman–Crippen LogP) is 6.32. The Kier molecular flexibility index (Phi) is 18.5. The summed E-state index contributed by atoms with van der Waals surface area (Å²) in [4.78, 5) is 0. The smallest absolute Gasteiger partial charge is 0 e. The van der Waals surface area contributed by atoms with Crippen LogP contribution in [0.2, 0.25) is 0 Å². The van der Waals surface area contributed by atoms with E-state index in [0.29, 0.717) is 0 Å². The fraction of sp³-hybridized carbons (Fsp3) is 0.526. The van der Waals surface area contributed by atoms with E-state index in [1.54, 1.807) is 0 Å². The van der Waals surface area contributed by atoms with Gasteiger partial charge >= 0.3 is 0 Å². The summed E-state index contributed by atoms with van der Waals surface area (Å²) >= 11 is 0. The third kappa shape index (κ3) is 11.5. The zero-order chi connectivity index (χ0) is 14.0. The van der Waals surface area contributed by atoms with Gasteiger partial charge in [-0.3, -0.25) is 0 Å². The summed E-state index contributed by atoms with van der Waals surface area (Å²) in [7, 11) is 0.